The first kappa shape index (κ1) is 24.4. The maximum atomic E-state index is 11.0. The highest BCUT2D eigenvalue weighted by Gasteiger charge is 2.87. The Morgan fingerprint density at radius 2 is 1.69 bits per heavy atom. The fourth-order valence-corrected chi connectivity index (χ4v) is 12.6. The van der Waals surface area contributed by atoms with E-state index in [4.69, 9.17) is 14.5 Å². The van der Waals surface area contributed by atoms with Crippen LogP contribution in [0, 0.1) is 51.2 Å². The fourth-order valence-electron chi connectivity index (χ4n) is 12.6. The highest BCUT2D eigenvalue weighted by molar-refractivity contribution is 5.76. The Kier molecular flexibility index (Phi) is 4.68. The van der Waals surface area contributed by atoms with E-state index in [1.165, 1.54) is 32.1 Å². The first-order valence-corrected chi connectivity index (χ1v) is 15.1. The Morgan fingerprint density at radius 3 is 2.42 bits per heavy atom. The van der Waals surface area contributed by atoms with E-state index in [1.54, 1.807) is 0 Å². The molecule has 3 spiro atoms. The van der Waals surface area contributed by atoms with E-state index in [2.05, 4.69) is 27.7 Å². The van der Waals surface area contributed by atoms with E-state index >= 15 is 0 Å². The number of hydrogen-bond donors (Lipinski definition) is 2. The molecule has 2 heterocycles. The highest BCUT2D eigenvalue weighted by atomic mass is 16.6. The number of nitrogens with zero attached hydrogens (tertiary/aromatic N) is 1. The van der Waals surface area contributed by atoms with Crippen LogP contribution in [0.2, 0.25) is 0 Å². The molecule has 36 heavy (non-hydrogen) atoms. The van der Waals surface area contributed by atoms with Gasteiger partial charge in [-0.2, -0.15) is 0 Å². The summed E-state index contributed by atoms with van der Waals surface area (Å²) in [5.74, 6) is 3.65. The lowest BCUT2D eigenvalue weighted by atomic mass is 9.46. The van der Waals surface area contributed by atoms with Crippen molar-refractivity contribution < 1.29 is 19.7 Å². The van der Waals surface area contributed by atoms with Crippen molar-refractivity contribution >= 4 is 5.90 Å². The predicted octanol–water partition coefficient (Wildman–Crippen LogP) is 5.72. The summed E-state index contributed by atoms with van der Waals surface area (Å²) in [5, 5.41) is 21.6. The molecule has 12 atom stereocenters. The summed E-state index contributed by atoms with van der Waals surface area (Å²) < 4.78 is 13.7. The molecule has 7 aliphatic rings. The lowest BCUT2D eigenvalue weighted by Gasteiger charge is -2.59. The van der Waals surface area contributed by atoms with Crippen LogP contribution in [0.25, 0.3) is 0 Å². The normalized spacial score (nSPS) is 58.3. The summed E-state index contributed by atoms with van der Waals surface area (Å²) in [4.78, 5) is 5.22. The van der Waals surface area contributed by atoms with Gasteiger partial charge in [-0.25, -0.2) is 4.99 Å². The van der Waals surface area contributed by atoms with Crippen molar-refractivity contribution in [2.24, 2.45) is 56.2 Å². The van der Waals surface area contributed by atoms with Gasteiger partial charge in [0, 0.05) is 25.2 Å². The molecule has 7 rings (SSSR count). The number of fused-ring (bicyclic) bond motifs is 4. The molecule has 5 aliphatic carbocycles. The molecular weight excluding hydrogens is 450 g/mol. The van der Waals surface area contributed by atoms with E-state index in [0.717, 1.165) is 31.1 Å². The molecule has 5 nitrogen and oxygen atoms in total. The Bertz CT molecular complexity index is 1000. The monoisotopic (exact) mass is 499 g/mol. The zero-order valence-electron chi connectivity index (χ0n) is 23.6. The molecule has 0 aromatic rings. The second kappa shape index (κ2) is 6.91. The minimum Gasteiger partial charge on any atom is -0.472 e. The van der Waals surface area contributed by atoms with Gasteiger partial charge in [-0.15, -0.1) is 0 Å². The molecule has 2 aliphatic heterocycles. The summed E-state index contributed by atoms with van der Waals surface area (Å²) in [6.45, 7) is 15.6. The number of hydrogen-bond acceptors (Lipinski definition) is 5. The summed E-state index contributed by atoms with van der Waals surface area (Å²) in [6.07, 6.45) is 9.85. The Morgan fingerprint density at radius 1 is 0.972 bits per heavy atom. The van der Waals surface area contributed by atoms with Gasteiger partial charge in [-0.05, 0) is 105 Å². The van der Waals surface area contributed by atoms with Gasteiger partial charge in [0.1, 0.15) is 0 Å². The highest BCUT2D eigenvalue weighted by Crippen LogP contribution is 2.90. The SMILES string of the molecule is CC1=NC23O[C@@H](CC(C)(C)O)CC[C@@H]2[C@@]2(C)CC[C@@]45[C@H](C)C46CC[C@H](O)C(C)(C)C6CC[C@H]5C2C3O1. The molecule has 1 saturated heterocycles. The summed E-state index contributed by atoms with van der Waals surface area (Å²) in [5.41, 5.74) is -0.354. The zero-order chi connectivity index (χ0) is 25.7. The quantitative estimate of drug-likeness (QED) is 0.510. The summed E-state index contributed by atoms with van der Waals surface area (Å²) in [7, 11) is 0. The molecule has 0 bridgehead atoms. The van der Waals surface area contributed by atoms with E-state index in [1.807, 2.05) is 20.8 Å². The van der Waals surface area contributed by atoms with Gasteiger partial charge in [0.15, 0.2) is 12.0 Å². The van der Waals surface area contributed by atoms with Crippen LogP contribution in [-0.2, 0) is 9.47 Å². The number of rotatable bonds is 2. The molecule has 5 unspecified atom stereocenters. The van der Waals surface area contributed by atoms with Gasteiger partial charge in [0.25, 0.3) is 0 Å². The first-order chi connectivity index (χ1) is 16.7. The number of aliphatic imine (C=N–C) groups is 1. The average Bonchev–Trinajstić information content (AvgIpc) is 3.02. The van der Waals surface area contributed by atoms with Crippen molar-refractivity contribution in [3.05, 3.63) is 0 Å². The minimum absolute atomic E-state index is 0.00266. The Labute approximate surface area is 217 Å². The largest absolute Gasteiger partial charge is 0.472 e. The molecule has 0 radical (unpaired) electrons. The lowest BCUT2D eigenvalue weighted by Crippen LogP contribution is -2.55. The second-order valence-electron chi connectivity index (χ2n) is 15.8. The van der Waals surface area contributed by atoms with Crippen LogP contribution in [0.4, 0.5) is 0 Å². The molecule has 0 aromatic carbocycles. The maximum absolute atomic E-state index is 11.0. The van der Waals surface area contributed by atoms with Gasteiger partial charge < -0.3 is 19.7 Å². The van der Waals surface area contributed by atoms with Crippen LogP contribution in [0.3, 0.4) is 0 Å². The second-order valence-corrected chi connectivity index (χ2v) is 15.8. The van der Waals surface area contributed by atoms with Crippen molar-refractivity contribution in [1.29, 1.82) is 0 Å². The Balaban J connectivity index is 1.28. The fraction of sp³-hybridized carbons (Fsp3) is 0.968. The topological polar surface area (TPSA) is 71.3 Å². The minimum atomic E-state index is -0.742. The molecule has 2 N–H and O–H groups in total. The van der Waals surface area contributed by atoms with Crippen LogP contribution >= 0.6 is 0 Å². The van der Waals surface area contributed by atoms with Crippen LogP contribution in [0.15, 0.2) is 4.99 Å². The van der Waals surface area contributed by atoms with E-state index in [9.17, 15) is 10.2 Å². The van der Waals surface area contributed by atoms with Crippen LogP contribution in [0.1, 0.15) is 106 Å². The van der Waals surface area contributed by atoms with E-state index < -0.39 is 11.3 Å². The van der Waals surface area contributed by atoms with Gasteiger partial charge in [0.05, 0.1) is 17.8 Å². The van der Waals surface area contributed by atoms with E-state index in [0.29, 0.717) is 40.9 Å². The average molecular weight is 500 g/mol. The molecule has 5 saturated carbocycles. The molecule has 202 valence electrons. The molecule has 0 aromatic heterocycles. The van der Waals surface area contributed by atoms with Gasteiger partial charge in [-0.1, -0.05) is 27.7 Å². The lowest BCUT2D eigenvalue weighted by molar-refractivity contribution is -0.191. The number of aliphatic hydroxyl groups is 2. The van der Waals surface area contributed by atoms with Crippen molar-refractivity contribution in [3.63, 3.8) is 0 Å². The molecular formula is C31H49NO4. The predicted molar refractivity (Wildman–Crippen MR) is 139 cm³/mol. The summed E-state index contributed by atoms with van der Waals surface area (Å²) >= 11 is 0. The van der Waals surface area contributed by atoms with Gasteiger partial charge in [0.2, 0.25) is 5.72 Å². The summed E-state index contributed by atoms with van der Waals surface area (Å²) in [6, 6.07) is 0. The van der Waals surface area contributed by atoms with E-state index in [-0.39, 0.29) is 29.1 Å². The maximum Gasteiger partial charge on any atom is 0.203 e. The van der Waals surface area contributed by atoms with Gasteiger partial charge in [-0.3, -0.25) is 0 Å². The molecule has 6 fully saturated rings. The molecule has 0 amide bonds. The third kappa shape index (κ3) is 2.58. The number of ether oxygens (including phenoxy) is 2. The third-order valence-corrected chi connectivity index (χ3v) is 13.8. The molecule has 5 heteroatoms. The van der Waals surface area contributed by atoms with Crippen molar-refractivity contribution in [2.45, 2.75) is 136 Å². The standard InChI is InChI=1S/C31H49NO4/c1-17-29-15-14-28(7)22-10-8-19(16-26(3,4)34)36-31(22)25(35-18(2)32-31)24(28)20(29)9-11-21-27(5,6)23(33)12-13-30(17,21)29/h17,19-25,33-34H,8-16H2,1-7H3/t17-,19+,20-,21?,22+,23-,24?,25?,28+,29-,30?,31?/m0/s1. The van der Waals surface area contributed by atoms with Crippen LogP contribution in [0.5, 0.6) is 0 Å². The van der Waals surface area contributed by atoms with Crippen molar-refractivity contribution in [1.82, 2.24) is 0 Å². The third-order valence-electron chi connectivity index (χ3n) is 13.8. The number of aliphatic hydroxyl groups excluding tert-OH is 1. The van der Waals surface area contributed by atoms with Crippen molar-refractivity contribution in [2.75, 3.05) is 0 Å². The van der Waals surface area contributed by atoms with Crippen LogP contribution < -0.4 is 0 Å². The first-order valence-electron chi connectivity index (χ1n) is 15.1. The smallest absolute Gasteiger partial charge is 0.203 e. The van der Waals surface area contributed by atoms with Crippen molar-refractivity contribution in [3.8, 4) is 0 Å². The van der Waals surface area contributed by atoms with Crippen LogP contribution in [-0.4, -0.2) is 45.7 Å². The zero-order valence-corrected chi connectivity index (χ0v) is 23.6. The Hall–Kier alpha value is -0.650. The van der Waals surface area contributed by atoms with Gasteiger partial charge >= 0.3 is 0 Å².